The first-order chi connectivity index (χ1) is 8.20. The summed E-state index contributed by atoms with van der Waals surface area (Å²) < 4.78 is 5.54. The predicted molar refractivity (Wildman–Crippen MR) is 74.4 cm³/mol. The van der Waals surface area contributed by atoms with Crippen LogP contribution in [-0.2, 0) is 4.74 Å². The van der Waals surface area contributed by atoms with Gasteiger partial charge in [-0.15, -0.1) is 0 Å². The fraction of sp³-hybridized carbons (Fsp3) is 1.00. The number of unbranched alkanes of at least 4 members (excludes halogenated alkanes) is 1. The maximum atomic E-state index is 5.54. The summed E-state index contributed by atoms with van der Waals surface area (Å²) in [6, 6.07) is 0.710. The summed E-state index contributed by atoms with van der Waals surface area (Å²) in [6.07, 6.45) is 10.0. The molecule has 0 radical (unpaired) electrons. The Morgan fingerprint density at radius 2 is 1.76 bits per heavy atom. The third-order valence-corrected chi connectivity index (χ3v) is 3.85. The largest absolute Gasteiger partial charge is 0.379 e. The molecule has 1 saturated carbocycles. The van der Waals surface area contributed by atoms with Crippen LogP contribution in [0.3, 0.4) is 0 Å². The van der Waals surface area contributed by atoms with Crippen LogP contribution in [0.15, 0.2) is 0 Å². The summed E-state index contributed by atoms with van der Waals surface area (Å²) >= 11 is 0. The zero-order valence-corrected chi connectivity index (χ0v) is 12.0. The lowest BCUT2D eigenvalue weighted by molar-refractivity contribution is 0.0758. The Morgan fingerprint density at radius 1 is 1.06 bits per heavy atom. The normalized spacial score (nSPS) is 19.8. The van der Waals surface area contributed by atoms with Gasteiger partial charge >= 0.3 is 0 Å². The summed E-state index contributed by atoms with van der Waals surface area (Å²) in [5, 5.41) is 3.68. The lowest BCUT2D eigenvalue weighted by Gasteiger charge is -2.28. The Labute approximate surface area is 108 Å². The Bertz CT molecular complexity index is 176. The van der Waals surface area contributed by atoms with Crippen molar-refractivity contribution in [1.82, 2.24) is 5.32 Å². The minimum Gasteiger partial charge on any atom is -0.379 e. The predicted octanol–water partition coefficient (Wildman–Crippen LogP) is 3.75. The quantitative estimate of drug-likeness (QED) is 0.653. The molecule has 0 heterocycles. The zero-order valence-electron chi connectivity index (χ0n) is 12.0. The van der Waals surface area contributed by atoms with Gasteiger partial charge < -0.3 is 10.1 Å². The van der Waals surface area contributed by atoms with E-state index in [4.69, 9.17) is 4.74 Å². The maximum Gasteiger partial charge on any atom is 0.0518 e. The molecule has 17 heavy (non-hydrogen) atoms. The Kier molecular flexibility index (Phi) is 7.87. The molecule has 1 N–H and O–H groups in total. The van der Waals surface area contributed by atoms with Crippen LogP contribution >= 0.6 is 0 Å². The molecule has 1 aliphatic rings. The van der Waals surface area contributed by atoms with E-state index in [9.17, 15) is 0 Å². The van der Waals surface area contributed by atoms with Gasteiger partial charge in [-0.25, -0.2) is 0 Å². The van der Waals surface area contributed by atoms with Gasteiger partial charge in [-0.05, 0) is 58.9 Å². The molecule has 0 aromatic carbocycles. The second-order valence-electron chi connectivity index (χ2n) is 5.77. The highest BCUT2D eigenvalue weighted by Gasteiger charge is 2.18. The molecule has 0 saturated heterocycles. The summed E-state index contributed by atoms with van der Waals surface area (Å²) in [5.41, 5.74) is 0. The van der Waals surface area contributed by atoms with Crippen molar-refractivity contribution in [1.29, 1.82) is 0 Å². The first-order valence-corrected chi connectivity index (χ1v) is 7.55. The van der Waals surface area contributed by atoms with Crippen LogP contribution in [0.25, 0.3) is 0 Å². The van der Waals surface area contributed by atoms with Gasteiger partial charge in [0.05, 0.1) is 6.10 Å². The number of ether oxygens (including phenoxy) is 1. The second kappa shape index (κ2) is 8.93. The zero-order chi connectivity index (χ0) is 12.5. The van der Waals surface area contributed by atoms with E-state index in [-0.39, 0.29) is 0 Å². The SMILES string of the molecule is CC(C)OCCCCNC(C)C1CCCCC1. The van der Waals surface area contributed by atoms with Crippen LogP contribution in [0.2, 0.25) is 0 Å². The minimum atomic E-state index is 0.379. The first-order valence-electron chi connectivity index (χ1n) is 7.55. The molecule has 1 aliphatic carbocycles. The second-order valence-corrected chi connectivity index (χ2v) is 5.77. The summed E-state index contributed by atoms with van der Waals surface area (Å²) in [7, 11) is 0. The lowest BCUT2D eigenvalue weighted by Crippen LogP contribution is -2.35. The van der Waals surface area contributed by atoms with Crippen LogP contribution in [0.1, 0.15) is 65.7 Å². The van der Waals surface area contributed by atoms with Gasteiger partial charge in [0.25, 0.3) is 0 Å². The lowest BCUT2D eigenvalue weighted by atomic mass is 9.84. The van der Waals surface area contributed by atoms with E-state index in [1.165, 1.54) is 44.9 Å². The molecular weight excluding hydrogens is 210 g/mol. The van der Waals surface area contributed by atoms with Crippen LogP contribution in [0.4, 0.5) is 0 Å². The Balaban J connectivity index is 1.94. The molecule has 1 rings (SSSR count). The topological polar surface area (TPSA) is 21.3 Å². The summed E-state index contributed by atoms with van der Waals surface area (Å²) in [6.45, 7) is 8.63. The Morgan fingerprint density at radius 3 is 2.41 bits per heavy atom. The van der Waals surface area contributed by atoms with Gasteiger partial charge in [0.2, 0.25) is 0 Å². The van der Waals surface area contributed by atoms with Gasteiger partial charge in [-0.2, -0.15) is 0 Å². The highest BCUT2D eigenvalue weighted by Crippen LogP contribution is 2.26. The van der Waals surface area contributed by atoms with Crippen molar-refractivity contribution in [2.75, 3.05) is 13.2 Å². The van der Waals surface area contributed by atoms with Gasteiger partial charge in [0.15, 0.2) is 0 Å². The minimum absolute atomic E-state index is 0.379. The highest BCUT2D eigenvalue weighted by atomic mass is 16.5. The van der Waals surface area contributed by atoms with Gasteiger partial charge in [0, 0.05) is 12.6 Å². The van der Waals surface area contributed by atoms with Crippen molar-refractivity contribution in [3.8, 4) is 0 Å². The molecule has 1 atom stereocenters. The molecule has 102 valence electrons. The number of nitrogens with one attached hydrogen (secondary N) is 1. The van der Waals surface area contributed by atoms with Gasteiger partial charge in [-0.3, -0.25) is 0 Å². The van der Waals surface area contributed by atoms with Gasteiger partial charge in [-0.1, -0.05) is 19.3 Å². The van der Waals surface area contributed by atoms with E-state index in [0.717, 1.165) is 19.1 Å². The van der Waals surface area contributed by atoms with E-state index in [1.54, 1.807) is 0 Å². The average molecular weight is 241 g/mol. The molecule has 1 unspecified atom stereocenters. The Hall–Kier alpha value is -0.0800. The van der Waals surface area contributed by atoms with Gasteiger partial charge in [0.1, 0.15) is 0 Å². The molecule has 0 aromatic rings. The molecular formula is C15H31NO. The number of rotatable bonds is 8. The third-order valence-electron chi connectivity index (χ3n) is 3.85. The average Bonchev–Trinajstić information content (AvgIpc) is 2.34. The molecule has 0 aromatic heterocycles. The summed E-state index contributed by atoms with van der Waals surface area (Å²) in [4.78, 5) is 0. The van der Waals surface area contributed by atoms with Crippen molar-refractivity contribution in [2.24, 2.45) is 5.92 Å². The molecule has 0 aliphatic heterocycles. The fourth-order valence-electron chi connectivity index (χ4n) is 2.68. The van der Waals surface area contributed by atoms with E-state index in [0.29, 0.717) is 12.1 Å². The maximum absolute atomic E-state index is 5.54. The number of hydrogen-bond donors (Lipinski definition) is 1. The molecule has 0 amide bonds. The number of hydrogen-bond acceptors (Lipinski definition) is 2. The van der Waals surface area contributed by atoms with E-state index in [2.05, 4.69) is 26.1 Å². The van der Waals surface area contributed by atoms with Crippen LogP contribution in [0, 0.1) is 5.92 Å². The highest BCUT2D eigenvalue weighted by molar-refractivity contribution is 4.75. The third kappa shape index (κ3) is 7.05. The molecule has 2 heteroatoms. The molecule has 0 bridgehead atoms. The van der Waals surface area contributed by atoms with Crippen molar-refractivity contribution < 1.29 is 4.74 Å². The standard InChI is InChI=1S/C15H31NO/c1-13(2)17-12-8-7-11-16-14(3)15-9-5-4-6-10-15/h13-16H,4-12H2,1-3H3. The molecule has 2 nitrogen and oxygen atoms in total. The molecule has 0 spiro atoms. The van der Waals surface area contributed by atoms with E-state index >= 15 is 0 Å². The smallest absolute Gasteiger partial charge is 0.0518 e. The van der Waals surface area contributed by atoms with Crippen molar-refractivity contribution in [3.05, 3.63) is 0 Å². The van der Waals surface area contributed by atoms with Crippen molar-refractivity contribution >= 4 is 0 Å². The molecule has 1 fully saturated rings. The van der Waals surface area contributed by atoms with Crippen molar-refractivity contribution in [2.45, 2.75) is 77.9 Å². The van der Waals surface area contributed by atoms with Crippen LogP contribution in [0.5, 0.6) is 0 Å². The summed E-state index contributed by atoms with van der Waals surface area (Å²) in [5.74, 6) is 0.927. The van der Waals surface area contributed by atoms with Crippen LogP contribution < -0.4 is 5.32 Å². The monoisotopic (exact) mass is 241 g/mol. The fourth-order valence-corrected chi connectivity index (χ4v) is 2.68. The van der Waals surface area contributed by atoms with Crippen LogP contribution in [-0.4, -0.2) is 25.3 Å². The van der Waals surface area contributed by atoms with E-state index < -0.39 is 0 Å². The van der Waals surface area contributed by atoms with Crippen molar-refractivity contribution in [3.63, 3.8) is 0 Å². The first kappa shape index (κ1) is 15.0. The van der Waals surface area contributed by atoms with E-state index in [1.807, 2.05) is 0 Å².